The van der Waals surface area contributed by atoms with Crippen LogP contribution in [0.4, 0.5) is 5.69 Å². The number of benzene rings is 1. The maximum absolute atomic E-state index is 12.5. The smallest absolute Gasteiger partial charge is 0.262 e. The van der Waals surface area contributed by atoms with Crippen molar-refractivity contribution in [1.82, 2.24) is 14.5 Å². The fourth-order valence-electron chi connectivity index (χ4n) is 2.30. The third kappa shape index (κ3) is 3.24. The molecule has 3 aromatic rings. The molecule has 0 radical (unpaired) electrons. The lowest BCUT2D eigenvalue weighted by Crippen LogP contribution is -2.14. The highest BCUT2D eigenvalue weighted by Crippen LogP contribution is 2.20. The zero-order chi connectivity index (χ0) is 16.4. The molecule has 0 aliphatic rings. The van der Waals surface area contributed by atoms with Crippen LogP contribution in [0.1, 0.15) is 11.1 Å². The van der Waals surface area contributed by atoms with E-state index < -0.39 is 10.0 Å². The number of pyridine rings is 1. The Morgan fingerprint density at radius 1 is 1.13 bits per heavy atom. The number of nitrogens with one attached hydrogen (secondary N) is 1. The van der Waals surface area contributed by atoms with E-state index in [-0.39, 0.29) is 4.90 Å². The topological polar surface area (TPSA) is 76.9 Å². The van der Waals surface area contributed by atoms with Gasteiger partial charge in [0.05, 0.1) is 16.8 Å². The van der Waals surface area contributed by atoms with Crippen LogP contribution in [0.15, 0.2) is 60.1 Å². The second-order valence-corrected chi connectivity index (χ2v) is 6.90. The van der Waals surface area contributed by atoms with E-state index in [0.29, 0.717) is 17.1 Å². The molecule has 0 aliphatic carbocycles. The molecule has 118 valence electrons. The van der Waals surface area contributed by atoms with Crippen molar-refractivity contribution < 1.29 is 8.42 Å². The van der Waals surface area contributed by atoms with Gasteiger partial charge in [0.25, 0.3) is 10.0 Å². The van der Waals surface area contributed by atoms with Gasteiger partial charge in [0.1, 0.15) is 12.1 Å². The summed E-state index contributed by atoms with van der Waals surface area (Å²) in [5.74, 6) is 0.664. The predicted octanol–water partition coefficient (Wildman–Crippen LogP) is 2.68. The van der Waals surface area contributed by atoms with Crippen LogP contribution in [-0.4, -0.2) is 23.0 Å². The van der Waals surface area contributed by atoms with Crippen LogP contribution >= 0.6 is 0 Å². The van der Waals surface area contributed by atoms with E-state index in [0.717, 1.165) is 5.56 Å². The van der Waals surface area contributed by atoms with Crippen molar-refractivity contribution in [3.63, 3.8) is 0 Å². The van der Waals surface area contributed by atoms with Crippen molar-refractivity contribution in [1.29, 1.82) is 0 Å². The summed E-state index contributed by atoms with van der Waals surface area (Å²) in [5.41, 5.74) is 2.14. The molecule has 6 nitrogen and oxygen atoms in total. The summed E-state index contributed by atoms with van der Waals surface area (Å²) in [6, 6.07) is 8.63. The Balaban J connectivity index is 1.86. The van der Waals surface area contributed by atoms with E-state index >= 15 is 0 Å². The van der Waals surface area contributed by atoms with E-state index in [9.17, 15) is 8.42 Å². The van der Waals surface area contributed by atoms with Gasteiger partial charge in [-0.3, -0.25) is 9.29 Å². The Kier molecular flexibility index (Phi) is 3.87. The van der Waals surface area contributed by atoms with E-state index in [1.807, 2.05) is 13.0 Å². The van der Waals surface area contributed by atoms with Crippen LogP contribution in [0.3, 0.4) is 0 Å². The summed E-state index contributed by atoms with van der Waals surface area (Å²) in [5, 5.41) is 0. The molecule has 2 heterocycles. The number of sulfonamides is 1. The summed E-state index contributed by atoms with van der Waals surface area (Å²) in [7, 11) is -3.64. The number of anilines is 1. The summed E-state index contributed by atoms with van der Waals surface area (Å²) in [6.45, 7) is 3.71. The molecule has 0 unspecified atom stereocenters. The highest BCUT2D eigenvalue weighted by atomic mass is 32.2. The molecule has 2 aromatic heterocycles. The Hall–Kier alpha value is -2.67. The molecule has 0 atom stereocenters. The lowest BCUT2D eigenvalue weighted by atomic mass is 10.2. The number of aromatic nitrogens is 3. The average molecular weight is 328 g/mol. The van der Waals surface area contributed by atoms with Gasteiger partial charge in [-0.25, -0.2) is 18.4 Å². The first kappa shape index (κ1) is 15.2. The largest absolute Gasteiger partial charge is 0.291 e. The van der Waals surface area contributed by atoms with Crippen molar-refractivity contribution in [2.75, 3.05) is 4.72 Å². The third-order valence-electron chi connectivity index (χ3n) is 3.39. The first-order valence-electron chi connectivity index (χ1n) is 7.00. The minimum Gasteiger partial charge on any atom is -0.291 e. The monoisotopic (exact) mass is 328 g/mol. The molecule has 7 heteroatoms. The summed E-state index contributed by atoms with van der Waals surface area (Å²) in [4.78, 5) is 8.45. The van der Waals surface area contributed by atoms with Crippen LogP contribution < -0.4 is 4.72 Å². The van der Waals surface area contributed by atoms with Crippen LogP contribution in [0, 0.1) is 13.8 Å². The van der Waals surface area contributed by atoms with Gasteiger partial charge in [0.15, 0.2) is 0 Å². The molecule has 0 amide bonds. The Morgan fingerprint density at radius 3 is 2.57 bits per heavy atom. The molecule has 0 saturated heterocycles. The highest BCUT2D eigenvalue weighted by molar-refractivity contribution is 7.92. The minimum absolute atomic E-state index is 0.266. The predicted molar refractivity (Wildman–Crippen MR) is 88.1 cm³/mol. The van der Waals surface area contributed by atoms with Crippen molar-refractivity contribution in [2.24, 2.45) is 0 Å². The Morgan fingerprint density at radius 2 is 1.96 bits per heavy atom. The Bertz CT molecular complexity index is 917. The Labute approximate surface area is 134 Å². The molecule has 23 heavy (non-hydrogen) atoms. The van der Waals surface area contributed by atoms with Gasteiger partial charge in [-0.1, -0.05) is 17.7 Å². The highest BCUT2D eigenvalue weighted by Gasteiger charge is 2.17. The summed E-state index contributed by atoms with van der Waals surface area (Å²) in [6.07, 6.45) is 6.53. The zero-order valence-electron chi connectivity index (χ0n) is 12.8. The fraction of sp³-hybridized carbons (Fsp3) is 0.125. The van der Waals surface area contributed by atoms with E-state index in [1.54, 1.807) is 54.5 Å². The minimum atomic E-state index is -3.64. The number of imidazole rings is 1. The van der Waals surface area contributed by atoms with E-state index in [4.69, 9.17) is 0 Å². The van der Waals surface area contributed by atoms with Crippen molar-refractivity contribution in [3.8, 4) is 5.82 Å². The normalized spacial score (nSPS) is 11.4. The molecule has 1 aromatic carbocycles. The lowest BCUT2D eigenvalue weighted by Gasteiger charge is -2.11. The maximum Gasteiger partial charge on any atom is 0.262 e. The molecule has 0 spiro atoms. The number of hydrogen-bond acceptors (Lipinski definition) is 4. The van der Waals surface area contributed by atoms with Gasteiger partial charge in [-0.15, -0.1) is 0 Å². The fourth-order valence-corrected chi connectivity index (χ4v) is 3.58. The third-order valence-corrected chi connectivity index (χ3v) is 4.93. The standard InChI is InChI=1S/C16H16N4O2S/c1-12-3-5-15(13(2)9-12)23(21,22)19-14-4-6-16(18-10-14)20-8-7-17-11-20/h3-11,19H,1-2H3. The number of nitrogens with zero attached hydrogens (tertiary/aromatic N) is 3. The second kappa shape index (κ2) is 5.85. The lowest BCUT2D eigenvalue weighted by molar-refractivity contribution is 0.600. The van der Waals surface area contributed by atoms with Crippen molar-refractivity contribution in [2.45, 2.75) is 18.7 Å². The van der Waals surface area contributed by atoms with Crippen LogP contribution in [0.5, 0.6) is 0 Å². The van der Waals surface area contributed by atoms with Crippen molar-refractivity contribution in [3.05, 3.63) is 66.4 Å². The summed E-state index contributed by atoms with van der Waals surface area (Å²) < 4.78 is 29.3. The van der Waals surface area contributed by atoms with Gasteiger partial charge in [-0.05, 0) is 37.6 Å². The number of aryl methyl sites for hydroxylation is 2. The molecular weight excluding hydrogens is 312 g/mol. The van der Waals surface area contributed by atoms with Gasteiger partial charge < -0.3 is 0 Å². The van der Waals surface area contributed by atoms with Crippen LogP contribution in [0.25, 0.3) is 5.82 Å². The number of rotatable bonds is 4. The first-order chi connectivity index (χ1) is 11.0. The summed E-state index contributed by atoms with van der Waals surface area (Å²) >= 11 is 0. The molecule has 1 N–H and O–H groups in total. The molecule has 3 rings (SSSR count). The molecular formula is C16H16N4O2S. The SMILES string of the molecule is Cc1ccc(S(=O)(=O)Nc2ccc(-n3ccnc3)nc2)c(C)c1. The number of hydrogen-bond donors (Lipinski definition) is 1. The van der Waals surface area contributed by atoms with Crippen molar-refractivity contribution >= 4 is 15.7 Å². The zero-order valence-corrected chi connectivity index (χ0v) is 13.6. The van der Waals surface area contributed by atoms with Crippen LogP contribution in [-0.2, 0) is 10.0 Å². The van der Waals surface area contributed by atoms with Gasteiger partial charge >= 0.3 is 0 Å². The average Bonchev–Trinajstić information content (AvgIpc) is 3.01. The molecule has 0 aliphatic heterocycles. The van der Waals surface area contributed by atoms with Gasteiger partial charge in [-0.2, -0.15) is 0 Å². The van der Waals surface area contributed by atoms with Gasteiger partial charge in [0.2, 0.25) is 0 Å². The maximum atomic E-state index is 12.5. The first-order valence-corrected chi connectivity index (χ1v) is 8.48. The quantitative estimate of drug-likeness (QED) is 0.799. The molecule has 0 bridgehead atoms. The van der Waals surface area contributed by atoms with E-state index in [2.05, 4.69) is 14.7 Å². The second-order valence-electron chi connectivity index (χ2n) is 5.25. The molecule has 0 saturated carbocycles. The van der Waals surface area contributed by atoms with Crippen LogP contribution in [0.2, 0.25) is 0 Å². The van der Waals surface area contributed by atoms with Gasteiger partial charge in [0, 0.05) is 12.4 Å². The molecule has 0 fully saturated rings. The van der Waals surface area contributed by atoms with E-state index in [1.165, 1.54) is 6.20 Å².